The van der Waals surface area contributed by atoms with Crippen molar-refractivity contribution >= 4 is 28.9 Å². The number of hydrogen-bond donors (Lipinski definition) is 3. The number of benzene rings is 2. The highest BCUT2D eigenvalue weighted by Gasteiger charge is 2.07. The Balaban J connectivity index is 1.84. The van der Waals surface area contributed by atoms with Crippen molar-refractivity contribution < 1.29 is 9.18 Å². The van der Waals surface area contributed by atoms with E-state index in [9.17, 15) is 9.18 Å². The number of anilines is 1. The Morgan fingerprint density at radius 1 is 1.08 bits per heavy atom. The van der Waals surface area contributed by atoms with Crippen LogP contribution in [0.4, 0.5) is 10.1 Å². The maximum Gasteiger partial charge on any atom is 0.269 e. The van der Waals surface area contributed by atoms with Crippen LogP contribution < -0.4 is 16.2 Å². The minimum atomic E-state index is -0.421. The van der Waals surface area contributed by atoms with Crippen LogP contribution in [0.2, 0.25) is 0 Å². The fraction of sp³-hybridized carbons (Fsp3) is 0.222. The summed E-state index contributed by atoms with van der Waals surface area (Å²) in [6.45, 7) is 2.14. The van der Waals surface area contributed by atoms with Gasteiger partial charge in [-0.3, -0.25) is 15.6 Å². The predicted octanol–water partition coefficient (Wildman–Crippen LogP) is 3.80. The molecule has 0 atom stereocenters. The summed E-state index contributed by atoms with van der Waals surface area (Å²) in [4.78, 5) is 12.1. The number of para-hydroxylation sites is 1. The van der Waals surface area contributed by atoms with Crippen molar-refractivity contribution in [3.05, 3.63) is 65.5 Å². The van der Waals surface area contributed by atoms with Crippen molar-refractivity contribution in [3.8, 4) is 0 Å². The Kier molecular flexibility index (Phi) is 6.69. The molecule has 0 aromatic heterocycles. The van der Waals surface area contributed by atoms with Crippen LogP contribution in [-0.2, 0) is 6.42 Å². The first-order valence-corrected chi connectivity index (χ1v) is 8.21. The van der Waals surface area contributed by atoms with E-state index in [0.717, 1.165) is 19.3 Å². The number of hydrazine groups is 1. The molecule has 3 N–H and O–H groups in total. The van der Waals surface area contributed by atoms with Crippen molar-refractivity contribution in [2.45, 2.75) is 26.2 Å². The second-order valence-electron chi connectivity index (χ2n) is 5.31. The van der Waals surface area contributed by atoms with Gasteiger partial charge in [-0.05, 0) is 54.9 Å². The molecule has 0 spiro atoms. The maximum atomic E-state index is 13.5. The summed E-state index contributed by atoms with van der Waals surface area (Å²) in [7, 11) is 0. The van der Waals surface area contributed by atoms with Gasteiger partial charge >= 0.3 is 0 Å². The number of hydrogen-bond acceptors (Lipinski definition) is 2. The van der Waals surface area contributed by atoms with Crippen LogP contribution in [0.25, 0.3) is 0 Å². The smallest absolute Gasteiger partial charge is 0.269 e. The van der Waals surface area contributed by atoms with Crippen molar-refractivity contribution in [3.63, 3.8) is 0 Å². The molecule has 6 heteroatoms. The lowest BCUT2D eigenvalue weighted by atomic mass is 10.1. The maximum absolute atomic E-state index is 13.5. The Bertz CT molecular complexity index is 704. The number of nitrogens with one attached hydrogen (secondary N) is 3. The molecule has 0 aliphatic rings. The average Bonchev–Trinajstić information content (AvgIpc) is 2.60. The van der Waals surface area contributed by atoms with Gasteiger partial charge in [0.25, 0.3) is 5.91 Å². The molecule has 1 amide bonds. The van der Waals surface area contributed by atoms with E-state index in [1.807, 2.05) is 12.1 Å². The molecule has 2 rings (SSSR count). The lowest BCUT2D eigenvalue weighted by molar-refractivity contribution is 0.0944. The molecule has 0 unspecified atom stereocenters. The lowest BCUT2D eigenvalue weighted by Crippen LogP contribution is -2.43. The van der Waals surface area contributed by atoms with Gasteiger partial charge in [0.05, 0.1) is 5.69 Å². The molecular weight excluding hydrogens is 325 g/mol. The molecule has 24 heavy (non-hydrogen) atoms. The normalized spacial score (nSPS) is 10.1. The summed E-state index contributed by atoms with van der Waals surface area (Å²) in [6.07, 6.45) is 3.27. The average molecular weight is 345 g/mol. The third-order valence-corrected chi connectivity index (χ3v) is 3.65. The quantitative estimate of drug-likeness (QED) is 0.570. The second kappa shape index (κ2) is 8.98. The van der Waals surface area contributed by atoms with Gasteiger partial charge in [-0.2, -0.15) is 0 Å². The number of amides is 1. The highest BCUT2D eigenvalue weighted by atomic mass is 32.1. The lowest BCUT2D eigenvalue weighted by Gasteiger charge is -2.12. The van der Waals surface area contributed by atoms with Gasteiger partial charge < -0.3 is 5.32 Å². The van der Waals surface area contributed by atoms with Gasteiger partial charge in [0.15, 0.2) is 5.11 Å². The molecule has 126 valence electrons. The van der Waals surface area contributed by atoms with E-state index in [0.29, 0.717) is 5.56 Å². The van der Waals surface area contributed by atoms with Crippen molar-refractivity contribution in [2.75, 3.05) is 5.32 Å². The first-order chi connectivity index (χ1) is 11.6. The Labute approximate surface area is 146 Å². The van der Waals surface area contributed by atoms with Crippen LogP contribution in [0, 0.1) is 5.82 Å². The Morgan fingerprint density at radius 3 is 2.46 bits per heavy atom. The minimum absolute atomic E-state index is 0.105. The minimum Gasteiger partial charge on any atom is -0.329 e. The number of carbonyl (C=O) groups excluding carboxylic acids is 1. The van der Waals surface area contributed by atoms with Gasteiger partial charge in [-0.25, -0.2) is 4.39 Å². The number of aryl methyl sites for hydroxylation is 1. The Morgan fingerprint density at radius 2 is 1.79 bits per heavy atom. The standard InChI is InChI=1S/C18H20FN3OS/c1-2-3-6-13-9-11-14(12-10-13)17(23)21-22-18(24)20-16-8-5-4-7-15(16)19/h4-5,7-12H,2-3,6H2,1H3,(H,21,23)(H2,20,22,24). The molecule has 0 fully saturated rings. The molecule has 0 heterocycles. The summed E-state index contributed by atoms with van der Waals surface area (Å²) in [6, 6.07) is 13.6. The predicted molar refractivity (Wildman–Crippen MR) is 98.3 cm³/mol. The molecule has 4 nitrogen and oxygen atoms in total. The summed E-state index contributed by atoms with van der Waals surface area (Å²) >= 11 is 5.03. The van der Waals surface area contributed by atoms with Crippen LogP contribution in [0.3, 0.4) is 0 Å². The summed E-state index contributed by atoms with van der Waals surface area (Å²) in [5.74, 6) is -0.731. The molecule has 0 saturated carbocycles. The van der Waals surface area contributed by atoms with Crippen molar-refractivity contribution in [1.29, 1.82) is 0 Å². The zero-order valence-corrected chi connectivity index (χ0v) is 14.3. The van der Waals surface area contributed by atoms with Gasteiger partial charge in [0.1, 0.15) is 5.82 Å². The van der Waals surface area contributed by atoms with E-state index in [1.165, 1.54) is 11.6 Å². The fourth-order valence-corrected chi connectivity index (χ4v) is 2.27. The topological polar surface area (TPSA) is 53.2 Å². The molecule has 2 aromatic rings. The van der Waals surface area contributed by atoms with Gasteiger partial charge in [-0.1, -0.05) is 37.6 Å². The molecule has 0 aliphatic carbocycles. The van der Waals surface area contributed by atoms with Crippen molar-refractivity contribution in [2.24, 2.45) is 0 Å². The molecular formula is C18H20FN3OS. The van der Waals surface area contributed by atoms with Crippen LogP contribution in [0.1, 0.15) is 35.7 Å². The highest BCUT2D eigenvalue weighted by Crippen LogP contribution is 2.12. The van der Waals surface area contributed by atoms with Crippen molar-refractivity contribution in [1.82, 2.24) is 10.9 Å². The third-order valence-electron chi connectivity index (χ3n) is 3.45. The van der Waals surface area contributed by atoms with E-state index in [2.05, 4.69) is 23.1 Å². The number of rotatable bonds is 5. The number of thiocarbonyl (C=S) groups is 1. The SMILES string of the molecule is CCCCc1ccc(C(=O)NNC(=S)Nc2ccccc2F)cc1. The molecule has 0 radical (unpaired) electrons. The van der Waals surface area contributed by atoms with Crippen LogP contribution in [0.5, 0.6) is 0 Å². The van der Waals surface area contributed by atoms with E-state index in [4.69, 9.17) is 12.2 Å². The van der Waals surface area contributed by atoms with Crippen LogP contribution in [-0.4, -0.2) is 11.0 Å². The molecule has 0 aliphatic heterocycles. The van der Waals surface area contributed by atoms with E-state index in [-0.39, 0.29) is 16.7 Å². The van der Waals surface area contributed by atoms with E-state index in [1.54, 1.807) is 30.3 Å². The molecule has 0 bridgehead atoms. The fourth-order valence-electron chi connectivity index (χ4n) is 2.11. The first kappa shape index (κ1) is 17.9. The van der Waals surface area contributed by atoms with Gasteiger partial charge in [0, 0.05) is 5.56 Å². The van der Waals surface area contributed by atoms with E-state index < -0.39 is 5.82 Å². The zero-order chi connectivity index (χ0) is 17.4. The Hall–Kier alpha value is -2.47. The summed E-state index contributed by atoms with van der Waals surface area (Å²) in [5, 5.41) is 2.78. The zero-order valence-electron chi connectivity index (χ0n) is 13.4. The van der Waals surface area contributed by atoms with E-state index >= 15 is 0 Å². The van der Waals surface area contributed by atoms with Gasteiger partial charge in [-0.15, -0.1) is 0 Å². The number of halogens is 1. The van der Waals surface area contributed by atoms with Crippen LogP contribution in [0.15, 0.2) is 48.5 Å². The summed E-state index contributed by atoms with van der Waals surface area (Å²) in [5.41, 5.74) is 7.02. The molecule has 2 aromatic carbocycles. The second-order valence-corrected chi connectivity index (χ2v) is 5.72. The monoisotopic (exact) mass is 345 g/mol. The largest absolute Gasteiger partial charge is 0.329 e. The van der Waals surface area contributed by atoms with Crippen LogP contribution >= 0.6 is 12.2 Å². The first-order valence-electron chi connectivity index (χ1n) is 7.81. The number of carbonyl (C=O) groups is 1. The molecule has 0 saturated heterocycles. The van der Waals surface area contributed by atoms with Gasteiger partial charge in [0.2, 0.25) is 0 Å². The third kappa shape index (κ3) is 5.31. The highest BCUT2D eigenvalue weighted by molar-refractivity contribution is 7.80. The number of unbranched alkanes of at least 4 members (excludes halogenated alkanes) is 1. The summed E-state index contributed by atoms with van der Waals surface area (Å²) < 4.78 is 13.5.